The van der Waals surface area contributed by atoms with Crippen molar-refractivity contribution in [3.8, 4) is 0 Å². The van der Waals surface area contributed by atoms with E-state index in [1.54, 1.807) is 10.9 Å². The first-order valence-corrected chi connectivity index (χ1v) is 7.29. The van der Waals surface area contributed by atoms with E-state index in [4.69, 9.17) is 5.73 Å². The Hall–Kier alpha value is -1.69. The molecule has 0 aliphatic heterocycles. The Morgan fingerprint density at radius 2 is 2.05 bits per heavy atom. The number of rotatable bonds is 3. The average Bonchev–Trinajstić information content (AvgIpc) is 2.82. The first-order chi connectivity index (χ1) is 9.65. The van der Waals surface area contributed by atoms with Crippen molar-refractivity contribution in [2.45, 2.75) is 44.7 Å². The van der Waals surface area contributed by atoms with E-state index >= 15 is 0 Å². The van der Waals surface area contributed by atoms with Gasteiger partial charge >= 0.3 is 0 Å². The van der Waals surface area contributed by atoms with Crippen LogP contribution in [0, 0.1) is 0 Å². The van der Waals surface area contributed by atoms with Crippen LogP contribution in [-0.2, 0) is 13.6 Å². The molecule has 2 aromatic heterocycles. The van der Waals surface area contributed by atoms with Gasteiger partial charge in [0, 0.05) is 13.1 Å². The molecule has 1 saturated carbocycles. The zero-order valence-corrected chi connectivity index (χ0v) is 12.2. The summed E-state index contributed by atoms with van der Waals surface area (Å²) in [5, 5.41) is 5.02. The molecule has 1 aliphatic carbocycles. The van der Waals surface area contributed by atoms with Crippen molar-refractivity contribution in [3.63, 3.8) is 0 Å². The van der Waals surface area contributed by atoms with E-state index in [-0.39, 0.29) is 0 Å². The number of hydrogen-bond acceptors (Lipinski definition) is 5. The van der Waals surface area contributed by atoms with Crippen molar-refractivity contribution >= 4 is 16.9 Å². The summed E-state index contributed by atoms with van der Waals surface area (Å²) in [7, 11) is 4.03. The van der Waals surface area contributed by atoms with Gasteiger partial charge in [-0.2, -0.15) is 5.10 Å². The summed E-state index contributed by atoms with van der Waals surface area (Å²) in [5.41, 5.74) is 6.81. The quantitative estimate of drug-likeness (QED) is 0.922. The smallest absolute Gasteiger partial charge is 0.163 e. The maximum Gasteiger partial charge on any atom is 0.163 e. The van der Waals surface area contributed by atoms with Crippen LogP contribution >= 0.6 is 0 Å². The highest BCUT2D eigenvalue weighted by Gasteiger charge is 2.19. The minimum Gasteiger partial charge on any atom is -0.383 e. The minimum absolute atomic E-state index is 0.523. The van der Waals surface area contributed by atoms with Crippen LogP contribution in [0.2, 0.25) is 0 Å². The Bertz CT molecular complexity index is 599. The van der Waals surface area contributed by atoms with Crippen LogP contribution in [0.15, 0.2) is 6.20 Å². The molecule has 0 unspecified atom stereocenters. The number of hydrogen-bond donors (Lipinski definition) is 1. The van der Waals surface area contributed by atoms with Crippen molar-refractivity contribution in [2.75, 3.05) is 12.8 Å². The Labute approximate surface area is 119 Å². The van der Waals surface area contributed by atoms with Gasteiger partial charge in [0.2, 0.25) is 0 Å². The van der Waals surface area contributed by atoms with Crippen molar-refractivity contribution < 1.29 is 0 Å². The van der Waals surface area contributed by atoms with Crippen LogP contribution in [0.5, 0.6) is 0 Å². The second kappa shape index (κ2) is 5.36. The summed E-state index contributed by atoms with van der Waals surface area (Å²) >= 11 is 0. The second-order valence-corrected chi connectivity index (χ2v) is 5.74. The molecule has 1 aliphatic rings. The largest absolute Gasteiger partial charge is 0.383 e. The SMILES string of the molecule is CN(Cc1nc(N)c2cnn(C)c2n1)C1CCCCC1. The molecule has 6 heteroatoms. The monoisotopic (exact) mass is 274 g/mol. The summed E-state index contributed by atoms with van der Waals surface area (Å²) < 4.78 is 1.75. The van der Waals surface area contributed by atoms with Gasteiger partial charge in [-0.1, -0.05) is 19.3 Å². The molecule has 20 heavy (non-hydrogen) atoms. The molecule has 0 bridgehead atoms. The fourth-order valence-electron chi connectivity index (χ4n) is 3.04. The number of nitrogen functional groups attached to an aromatic ring is 1. The van der Waals surface area contributed by atoms with Crippen molar-refractivity contribution in [2.24, 2.45) is 7.05 Å². The number of nitrogens with two attached hydrogens (primary N) is 1. The molecule has 2 aromatic rings. The van der Waals surface area contributed by atoms with E-state index < -0.39 is 0 Å². The molecule has 0 saturated heterocycles. The van der Waals surface area contributed by atoms with E-state index in [0.29, 0.717) is 11.9 Å². The van der Waals surface area contributed by atoms with Crippen molar-refractivity contribution in [1.29, 1.82) is 0 Å². The molecule has 1 fully saturated rings. The first-order valence-electron chi connectivity index (χ1n) is 7.29. The number of aryl methyl sites for hydroxylation is 1. The van der Waals surface area contributed by atoms with Crippen LogP contribution < -0.4 is 5.73 Å². The van der Waals surface area contributed by atoms with E-state index in [0.717, 1.165) is 23.4 Å². The molecule has 2 heterocycles. The standard InChI is InChI=1S/C14H22N6/c1-19(10-6-4-3-5-7-10)9-12-17-13(15)11-8-16-20(2)14(11)18-12/h8,10H,3-7,9H2,1-2H3,(H2,15,17,18). The van der Waals surface area contributed by atoms with Gasteiger partial charge in [-0.15, -0.1) is 0 Å². The van der Waals surface area contributed by atoms with Gasteiger partial charge < -0.3 is 5.73 Å². The molecule has 0 radical (unpaired) electrons. The molecule has 108 valence electrons. The Morgan fingerprint density at radius 3 is 2.80 bits per heavy atom. The molecule has 0 amide bonds. The molecule has 6 nitrogen and oxygen atoms in total. The first kappa shape index (κ1) is 13.3. The predicted molar refractivity (Wildman–Crippen MR) is 79.1 cm³/mol. The van der Waals surface area contributed by atoms with Crippen LogP contribution in [0.3, 0.4) is 0 Å². The molecule has 3 rings (SSSR count). The third-order valence-electron chi connectivity index (χ3n) is 4.26. The maximum absolute atomic E-state index is 6.00. The normalized spacial score (nSPS) is 17.1. The topological polar surface area (TPSA) is 72.9 Å². The summed E-state index contributed by atoms with van der Waals surface area (Å²) in [6.45, 7) is 0.746. The molecule has 0 aromatic carbocycles. The maximum atomic E-state index is 6.00. The molecule has 2 N–H and O–H groups in total. The third kappa shape index (κ3) is 2.47. The van der Waals surface area contributed by atoms with Crippen molar-refractivity contribution in [1.82, 2.24) is 24.6 Å². The lowest BCUT2D eigenvalue weighted by molar-refractivity contribution is 0.181. The summed E-state index contributed by atoms with van der Waals surface area (Å²) in [5.74, 6) is 1.31. The van der Waals surface area contributed by atoms with Gasteiger partial charge in [-0.3, -0.25) is 9.58 Å². The van der Waals surface area contributed by atoms with Crippen molar-refractivity contribution in [3.05, 3.63) is 12.0 Å². The Morgan fingerprint density at radius 1 is 1.30 bits per heavy atom. The van der Waals surface area contributed by atoms with Gasteiger partial charge in [0.25, 0.3) is 0 Å². The lowest BCUT2D eigenvalue weighted by Gasteiger charge is -2.30. The fraction of sp³-hybridized carbons (Fsp3) is 0.643. The van der Waals surface area contributed by atoms with E-state index in [1.165, 1.54) is 32.1 Å². The highest BCUT2D eigenvalue weighted by Crippen LogP contribution is 2.23. The summed E-state index contributed by atoms with van der Waals surface area (Å²) in [6.07, 6.45) is 8.31. The average molecular weight is 274 g/mol. The number of aromatic nitrogens is 4. The van der Waals surface area contributed by atoms with Gasteiger partial charge in [0.15, 0.2) is 5.65 Å². The summed E-state index contributed by atoms with van der Waals surface area (Å²) in [6, 6.07) is 0.649. The van der Waals surface area contributed by atoms with Crippen LogP contribution in [0.1, 0.15) is 37.9 Å². The molecular formula is C14H22N6. The zero-order chi connectivity index (χ0) is 14.1. The van der Waals surface area contributed by atoms with Gasteiger partial charge in [-0.05, 0) is 19.9 Å². The third-order valence-corrected chi connectivity index (χ3v) is 4.26. The lowest BCUT2D eigenvalue weighted by Crippen LogP contribution is -2.33. The lowest BCUT2D eigenvalue weighted by atomic mass is 9.94. The van der Waals surface area contributed by atoms with E-state index in [1.807, 2.05) is 7.05 Å². The van der Waals surface area contributed by atoms with E-state index in [9.17, 15) is 0 Å². The number of nitrogens with zero attached hydrogens (tertiary/aromatic N) is 5. The van der Waals surface area contributed by atoms with Crippen LogP contribution in [0.4, 0.5) is 5.82 Å². The second-order valence-electron chi connectivity index (χ2n) is 5.74. The van der Waals surface area contributed by atoms with Crippen LogP contribution in [0.25, 0.3) is 11.0 Å². The van der Waals surface area contributed by atoms with Gasteiger partial charge in [0.1, 0.15) is 11.6 Å². The van der Waals surface area contributed by atoms with E-state index in [2.05, 4.69) is 27.0 Å². The number of anilines is 1. The Kier molecular flexibility index (Phi) is 3.56. The number of fused-ring (bicyclic) bond motifs is 1. The zero-order valence-electron chi connectivity index (χ0n) is 12.2. The minimum atomic E-state index is 0.523. The highest BCUT2D eigenvalue weighted by atomic mass is 15.3. The summed E-state index contributed by atoms with van der Waals surface area (Å²) in [4.78, 5) is 11.4. The molecule has 0 atom stereocenters. The van der Waals surface area contributed by atoms with Crippen LogP contribution in [-0.4, -0.2) is 37.7 Å². The molecule has 0 spiro atoms. The fourth-order valence-corrected chi connectivity index (χ4v) is 3.04. The Balaban J connectivity index is 1.81. The molecular weight excluding hydrogens is 252 g/mol. The van der Waals surface area contributed by atoms with Gasteiger partial charge in [0.05, 0.1) is 18.1 Å². The van der Waals surface area contributed by atoms with Gasteiger partial charge in [-0.25, -0.2) is 9.97 Å². The predicted octanol–water partition coefficient (Wildman–Crippen LogP) is 1.71. The highest BCUT2D eigenvalue weighted by molar-refractivity contribution is 5.84.